The molecule has 0 aliphatic carbocycles. The van der Waals surface area contributed by atoms with E-state index in [1.54, 1.807) is 0 Å². The van der Waals surface area contributed by atoms with E-state index in [0.717, 1.165) is 23.1 Å². The number of aryl methyl sites for hydroxylation is 2. The standard InChI is InChI=1S/C22H25NO3S/c1-17-5-3-4-6-18(17)11-12-22(24)21-9-7-19(8-10-21)20-13-15-23(16-14-20)27(2,25)26/h3-10,13H,11-12,14-16H2,1-2H3. The van der Waals surface area contributed by atoms with Gasteiger partial charge in [0.25, 0.3) is 0 Å². The highest BCUT2D eigenvalue weighted by molar-refractivity contribution is 7.88. The normalized spacial score (nSPS) is 15.4. The Morgan fingerprint density at radius 1 is 1.07 bits per heavy atom. The molecule has 0 fully saturated rings. The maximum Gasteiger partial charge on any atom is 0.211 e. The van der Waals surface area contributed by atoms with Crippen molar-refractivity contribution in [2.24, 2.45) is 0 Å². The van der Waals surface area contributed by atoms with Crippen molar-refractivity contribution in [3.63, 3.8) is 0 Å². The lowest BCUT2D eigenvalue weighted by Gasteiger charge is -2.24. The van der Waals surface area contributed by atoms with Crippen LogP contribution in [0.3, 0.4) is 0 Å². The van der Waals surface area contributed by atoms with E-state index in [0.29, 0.717) is 25.9 Å². The van der Waals surface area contributed by atoms with Gasteiger partial charge in [0.15, 0.2) is 5.78 Å². The monoisotopic (exact) mass is 383 g/mol. The lowest BCUT2D eigenvalue weighted by molar-refractivity contribution is 0.0983. The molecule has 1 aliphatic heterocycles. The number of hydrogen-bond acceptors (Lipinski definition) is 3. The average Bonchev–Trinajstić information content (AvgIpc) is 2.67. The Bertz CT molecular complexity index is 959. The zero-order chi connectivity index (χ0) is 19.4. The van der Waals surface area contributed by atoms with Gasteiger partial charge in [-0.25, -0.2) is 8.42 Å². The number of hydrogen-bond donors (Lipinski definition) is 0. The molecule has 0 amide bonds. The van der Waals surface area contributed by atoms with Crippen molar-refractivity contribution in [3.05, 3.63) is 76.9 Å². The molecule has 0 atom stereocenters. The second-order valence-electron chi connectivity index (χ2n) is 7.03. The van der Waals surface area contributed by atoms with Crippen LogP contribution in [0.5, 0.6) is 0 Å². The summed E-state index contributed by atoms with van der Waals surface area (Å²) >= 11 is 0. The average molecular weight is 384 g/mol. The van der Waals surface area contributed by atoms with E-state index >= 15 is 0 Å². The van der Waals surface area contributed by atoms with Gasteiger partial charge in [-0.3, -0.25) is 4.79 Å². The molecule has 2 aromatic rings. The van der Waals surface area contributed by atoms with Crippen LogP contribution in [0.2, 0.25) is 0 Å². The quantitative estimate of drug-likeness (QED) is 0.712. The summed E-state index contributed by atoms with van der Waals surface area (Å²) in [5, 5.41) is 0. The zero-order valence-electron chi connectivity index (χ0n) is 15.8. The Morgan fingerprint density at radius 2 is 1.78 bits per heavy atom. The molecule has 3 rings (SSSR count). The van der Waals surface area contributed by atoms with Gasteiger partial charge >= 0.3 is 0 Å². The Morgan fingerprint density at radius 3 is 2.37 bits per heavy atom. The fourth-order valence-electron chi connectivity index (χ4n) is 3.37. The van der Waals surface area contributed by atoms with Gasteiger partial charge in [-0.15, -0.1) is 0 Å². The highest BCUT2D eigenvalue weighted by Crippen LogP contribution is 2.24. The summed E-state index contributed by atoms with van der Waals surface area (Å²) in [5.41, 5.74) is 5.34. The second kappa shape index (κ2) is 8.19. The molecule has 1 aliphatic rings. The number of Topliss-reactive ketones (excluding diaryl/α,β-unsaturated/α-hetero) is 1. The van der Waals surface area contributed by atoms with Crippen LogP contribution in [0.15, 0.2) is 54.6 Å². The van der Waals surface area contributed by atoms with E-state index in [1.807, 2.05) is 42.5 Å². The number of carbonyl (C=O) groups is 1. The molecule has 5 heteroatoms. The lowest BCUT2D eigenvalue weighted by Crippen LogP contribution is -2.33. The molecule has 27 heavy (non-hydrogen) atoms. The number of rotatable bonds is 6. The largest absolute Gasteiger partial charge is 0.294 e. The molecule has 0 saturated heterocycles. The van der Waals surface area contributed by atoms with Gasteiger partial charge in [0, 0.05) is 25.1 Å². The van der Waals surface area contributed by atoms with Gasteiger partial charge in [-0.05, 0) is 42.0 Å². The third-order valence-corrected chi connectivity index (χ3v) is 6.37. The summed E-state index contributed by atoms with van der Waals surface area (Å²) in [6, 6.07) is 15.8. The number of benzene rings is 2. The van der Waals surface area contributed by atoms with Crippen molar-refractivity contribution in [3.8, 4) is 0 Å². The highest BCUT2D eigenvalue weighted by Gasteiger charge is 2.20. The lowest BCUT2D eigenvalue weighted by atomic mass is 9.96. The van der Waals surface area contributed by atoms with Crippen LogP contribution in [0, 0.1) is 6.92 Å². The minimum atomic E-state index is -3.14. The molecule has 0 radical (unpaired) electrons. The first-order valence-corrected chi connectivity index (χ1v) is 11.0. The minimum absolute atomic E-state index is 0.144. The molecular formula is C22H25NO3S. The first-order chi connectivity index (χ1) is 12.8. The van der Waals surface area contributed by atoms with Gasteiger partial charge in [-0.1, -0.05) is 54.6 Å². The summed E-state index contributed by atoms with van der Waals surface area (Å²) in [7, 11) is -3.14. The number of carbonyl (C=O) groups excluding carboxylic acids is 1. The van der Waals surface area contributed by atoms with Crippen LogP contribution >= 0.6 is 0 Å². The van der Waals surface area contributed by atoms with Crippen LogP contribution in [-0.4, -0.2) is 37.9 Å². The van der Waals surface area contributed by atoms with Crippen LogP contribution < -0.4 is 0 Å². The Balaban J connectivity index is 1.63. The Kier molecular flexibility index (Phi) is 5.92. The summed E-state index contributed by atoms with van der Waals surface area (Å²) in [6.07, 6.45) is 5.13. The summed E-state index contributed by atoms with van der Waals surface area (Å²) < 4.78 is 24.7. The maximum atomic E-state index is 12.5. The number of sulfonamides is 1. The van der Waals surface area contributed by atoms with Crippen molar-refractivity contribution in [2.75, 3.05) is 19.3 Å². The smallest absolute Gasteiger partial charge is 0.211 e. The second-order valence-corrected chi connectivity index (χ2v) is 9.01. The number of nitrogens with zero attached hydrogens (tertiary/aromatic N) is 1. The van der Waals surface area contributed by atoms with Crippen molar-refractivity contribution in [1.82, 2.24) is 4.31 Å². The van der Waals surface area contributed by atoms with E-state index in [1.165, 1.54) is 21.7 Å². The summed E-state index contributed by atoms with van der Waals surface area (Å²) in [4.78, 5) is 12.5. The molecular weight excluding hydrogens is 358 g/mol. The third kappa shape index (κ3) is 4.93. The van der Waals surface area contributed by atoms with E-state index in [2.05, 4.69) is 19.1 Å². The van der Waals surface area contributed by atoms with E-state index in [4.69, 9.17) is 0 Å². The molecule has 0 spiro atoms. The third-order valence-electron chi connectivity index (χ3n) is 5.10. The molecule has 0 aromatic heterocycles. The van der Waals surface area contributed by atoms with Crippen molar-refractivity contribution in [2.45, 2.75) is 26.2 Å². The fraction of sp³-hybridized carbons (Fsp3) is 0.318. The van der Waals surface area contributed by atoms with Crippen LogP contribution in [0.25, 0.3) is 5.57 Å². The van der Waals surface area contributed by atoms with E-state index in [9.17, 15) is 13.2 Å². The molecule has 1 heterocycles. The highest BCUT2D eigenvalue weighted by atomic mass is 32.2. The Labute approximate surface area is 161 Å². The van der Waals surface area contributed by atoms with Gasteiger partial charge in [0.2, 0.25) is 10.0 Å². The maximum absolute atomic E-state index is 12.5. The first-order valence-electron chi connectivity index (χ1n) is 9.17. The molecule has 0 bridgehead atoms. The minimum Gasteiger partial charge on any atom is -0.294 e. The van der Waals surface area contributed by atoms with Gasteiger partial charge in [-0.2, -0.15) is 4.31 Å². The topological polar surface area (TPSA) is 54.5 Å². The fourth-order valence-corrected chi connectivity index (χ4v) is 4.14. The van der Waals surface area contributed by atoms with E-state index < -0.39 is 10.0 Å². The van der Waals surface area contributed by atoms with Crippen LogP contribution in [-0.2, 0) is 16.4 Å². The molecule has 0 N–H and O–H groups in total. The number of ketones is 1. The van der Waals surface area contributed by atoms with Gasteiger partial charge in [0.1, 0.15) is 0 Å². The van der Waals surface area contributed by atoms with Crippen molar-refractivity contribution in [1.29, 1.82) is 0 Å². The van der Waals surface area contributed by atoms with Crippen LogP contribution in [0.4, 0.5) is 0 Å². The SMILES string of the molecule is Cc1ccccc1CCC(=O)c1ccc(C2=CCN(S(C)(=O)=O)CC2)cc1. The Hall–Kier alpha value is -2.24. The zero-order valence-corrected chi connectivity index (χ0v) is 16.6. The summed E-state index contributed by atoms with van der Waals surface area (Å²) in [5.74, 6) is 0.144. The first kappa shape index (κ1) is 19.5. The van der Waals surface area contributed by atoms with Gasteiger partial charge < -0.3 is 0 Å². The molecule has 4 nitrogen and oxygen atoms in total. The van der Waals surface area contributed by atoms with Crippen molar-refractivity contribution >= 4 is 21.4 Å². The molecule has 142 valence electrons. The molecule has 0 saturated carbocycles. The van der Waals surface area contributed by atoms with Gasteiger partial charge in [0.05, 0.1) is 6.26 Å². The van der Waals surface area contributed by atoms with E-state index in [-0.39, 0.29) is 5.78 Å². The predicted molar refractivity (Wildman–Crippen MR) is 109 cm³/mol. The summed E-state index contributed by atoms with van der Waals surface area (Å²) in [6.45, 7) is 2.98. The van der Waals surface area contributed by atoms with Crippen LogP contribution in [0.1, 0.15) is 39.9 Å². The molecule has 0 unspecified atom stereocenters. The molecule has 2 aromatic carbocycles. The van der Waals surface area contributed by atoms with Crippen molar-refractivity contribution < 1.29 is 13.2 Å². The predicted octanol–water partition coefficient (Wildman–Crippen LogP) is 3.86.